The number of nitrogens with one attached hydrogen (secondary N) is 2. The number of unbranched alkanes of at least 4 members (excludes halogenated alkanes) is 1. The summed E-state index contributed by atoms with van der Waals surface area (Å²) in [6, 6.07) is 2.55. The fourth-order valence-electron chi connectivity index (χ4n) is 2.96. The van der Waals surface area contributed by atoms with Gasteiger partial charge in [-0.15, -0.1) is 0 Å². The highest BCUT2D eigenvalue weighted by Crippen LogP contribution is 2.40. The molecule has 1 aliphatic heterocycles. The van der Waals surface area contributed by atoms with Crippen molar-refractivity contribution in [3.05, 3.63) is 33.4 Å². The number of amides is 2. The van der Waals surface area contributed by atoms with Gasteiger partial charge in [0.15, 0.2) is 11.5 Å². The van der Waals surface area contributed by atoms with Crippen LogP contribution in [0.25, 0.3) is 0 Å². The van der Waals surface area contributed by atoms with Crippen molar-refractivity contribution in [2.45, 2.75) is 39.2 Å². The molecule has 0 aliphatic carbocycles. The van der Waals surface area contributed by atoms with Crippen molar-refractivity contribution in [1.82, 2.24) is 10.6 Å². The molecule has 0 radical (unpaired) electrons. The Morgan fingerprint density at radius 1 is 1.26 bits per heavy atom. The number of halogens is 1. The van der Waals surface area contributed by atoms with Gasteiger partial charge >= 0.3 is 12.0 Å². The van der Waals surface area contributed by atoms with Gasteiger partial charge in [-0.1, -0.05) is 13.3 Å². The standard InChI is InChI=1S/C19H25BrN2O5/c1-5-7-8-13-15(18(23)26-4)16(22-19(24)21-13)11-9-12(20)17(27-6-2)14(10-11)25-3/h9-10,16H,5-8H2,1-4H3,(H2,21,22,24). The molecule has 0 saturated heterocycles. The normalized spacial score (nSPS) is 16.5. The Balaban J connectivity index is 2.57. The van der Waals surface area contributed by atoms with Crippen LogP contribution in [0.4, 0.5) is 4.79 Å². The molecule has 0 bridgehead atoms. The third-order valence-electron chi connectivity index (χ3n) is 4.21. The van der Waals surface area contributed by atoms with Crippen LogP contribution in [0, 0.1) is 0 Å². The SMILES string of the molecule is CCCCC1=C(C(=O)OC)C(c2cc(Br)c(OCC)c(OC)c2)NC(=O)N1. The summed E-state index contributed by atoms with van der Waals surface area (Å²) in [5.74, 6) is 0.592. The number of carbonyl (C=O) groups is 2. The van der Waals surface area contributed by atoms with Gasteiger partial charge in [-0.05, 0) is 53.4 Å². The van der Waals surface area contributed by atoms with E-state index in [4.69, 9.17) is 14.2 Å². The number of urea groups is 1. The van der Waals surface area contributed by atoms with E-state index in [9.17, 15) is 9.59 Å². The van der Waals surface area contributed by atoms with Crippen LogP contribution < -0.4 is 20.1 Å². The summed E-state index contributed by atoms with van der Waals surface area (Å²) < 4.78 is 16.7. The Kier molecular flexibility index (Phi) is 7.53. The van der Waals surface area contributed by atoms with Gasteiger partial charge in [-0.25, -0.2) is 9.59 Å². The fourth-order valence-corrected chi connectivity index (χ4v) is 3.53. The first-order chi connectivity index (χ1) is 13.0. The first kappa shape index (κ1) is 21.1. The summed E-state index contributed by atoms with van der Waals surface area (Å²) in [5, 5.41) is 5.56. The van der Waals surface area contributed by atoms with Gasteiger partial charge in [0, 0.05) is 5.70 Å². The van der Waals surface area contributed by atoms with Gasteiger partial charge in [0.05, 0.1) is 36.9 Å². The Labute approximate surface area is 167 Å². The zero-order valence-corrected chi connectivity index (χ0v) is 17.6. The van der Waals surface area contributed by atoms with Crippen LogP contribution in [0.5, 0.6) is 11.5 Å². The quantitative estimate of drug-likeness (QED) is 0.599. The van der Waals surface area contributed by atoms with E-state index in [1.165, 1.54) is 7.11 Å². The van der Waals surface area contributed by atoms with Gasteiger partial charge in [0.2, 0.25) is 0 Å². The van der Waals surface area contributed by atoms with E-state index >= 15 is 0 Å². The minimum atomic E-state index is -0.654. The molecule has 27 heavy (non-hydrogen) atoms. The average molecular weight is 441 g/mol. The molecule has 1 unspecified atom stereocenters. The van der Waals surface area contributed by atoms with Crippen LogP contribution in [0.3, 0.4) is 0 Å². The summed E-state index contributed by atoms with van der Waals surface area (Å²) >= 11 is 3.49. The van der Waals surface area contributed by atoms with Gasteiger partial charge < -0.3 is 24.8 Å². The molecule has 1 aromatic carbocycles. The number of carbonyl (C=O) groups excluding carboxylic acids is 2. The Morgan fingerprint density at radius 3 is 2.59 bits per heavy atom. The number of allylic oxidation sites excluding steroid dienone is 1. The maximum atomic E-state index is 12.5. The van der Waals surface area contributed by atoms with Crippen molar-refractivity contribution in [3.63, 3.8) is 0 Å². The minimum Gasteiger partial charge on any atom is -0.493 e. The maximum Gasteiger partial charge on any atom is 0.337 e. The first-order valence-electron chi connectivity index (χ1n) is 8.85. The maximum absolute atomic E-state index is 12.5. The molecule has 1 heterocycles. The van der Waals surface area contributed by atoms with E-state index in [0.717, 1.165) is 12.8 Å². The summed E-state index contributed by atoms with van der Waals surface area (Å²) in [6.45, 7) is 4.41. The summed E-state index contributed by atoms with van der Waals surface area (Å²) in [4.78, 5) is 24.7. The van der Waals surface area contributed by atoms with Crippen LogP contribution in [0.2, 0.25) is 0 Å². The first-order valence-corrected chi connectivity index (χ1v) is 9.65. The molecule has 1 aliphatic rings. The van der Waals surface area contributed by atoms with E-state index in [1.54, 1.807) is 13.2 Å². The van der Waals surface area contributed by atoms with Crippen LogP contribution in [0.1, 0.15) is 44.7 Å². The van der Waals surface area contributed by atoms with Gasteiger partial charge in [-0.2, -0.15) is 0 Å². The predicted octanol–water partition coefficient (Wildman–Crippen LogP) is 3.83. The highest BCUT2D eigenvalue weighted by Gasteiger charge is 2.34. The van der Waals surface area contributed by atoms with Crippen molar-refractivity contribution in [2.24, 2.45) is 0 Å². The molecule has 2 rings (SSSR count). The van der Waals surface area contributed by atoms with Crippen LogP contribution in [-0.2, 0) is 9.53 Å². The third-order valence-corrected chi connectivity index (χ3v) is 4.80. The molecule has 1 aromatic rings. The third kappa shape index (κ3) is 4.74. The lowest BCUT2D eigenvalue weighted by Gasteiger charge is -2.29. The highest BCUT2D eigenvalue weighted by molar-refractivity contribution is 9.10. The highest BCUT2D eigenvalue weighted by atomic mass is 79.9. The van der Waals surface area contributed by atoms with E-state index in [-0.39, 0.29) is 6.03 Å². The molecule has 7 nitrogen and oxygen atoms in total. The number of esters is 1. The molecule has 0 aromatic heterocycles. The molecular weight excluding hydrogens is 416 g/mol. The van der Waals surface area contributed by atoms with Crippen LogP contribution in [0.15, 0.2) is 27.9 Å². The van der Waals surface area contributed by atoms with Crippen LogP contribution in [-0.4, -0.2) is 32.8 Å². The number of hydrogen-bond acceptors (Lipinski definition) is 5. The smallest absolute Gasteiger partial charge is 0.337 e. The average Bonchev–Trinajstić information content (AvgIpc) is 2.66. The second kappa shape index (κ2) is 9.64. The van der Waals surface area contributed by atoms with Crippen molar-refractivity contribution in [2.75, 3.05) is 20.8 Å². The predicted molar refractivity (Wildman–Crippen MR) is 105 cm³/mol. The Hall–Kier alpha value is -2.22. The molecule has 148 valence electrons. The topological polar surface area (TPSA) is 85.9 Å². The van der Waals surface area contributed by atoms with Crippen LogP contribution >= 0.6 is 15.9 Å². The van der Waals surface area contributed by atoms with E-state index in [0.29, 0.717) is 45.8 Å². The molecule has 2 N–H and O–H groups in total. The molecule has 0 spiro atoms. The minimum absolute atomic E-state index is 0.359. The number of ether oxygens (including phenoxy) is 3. The van der Waals surface area contributed by atoms with E-state index in [2.05, 4.69) is 26.6 Å². The number of benzene rings is 1. The monoisotopic (exact) mass is 440 g/mol. The van der Waals surface area contributed by atoms with E-state index in [1.807, 2.05) is 19.9 Å². The Bertz CT molecular complexity index is 748. The second-order valence-corrected chi connectivity index (χ2v) is 6.84. The lowest BCUT2D eigenvalue weighted by atomic mass is 9.93. The molecule has 8 heteroatoms. The van der Waals surface area contributed by atoms with Crippen molar-refractivity contribution in [3.8, 4) is 11.5 Å². The second-order valence-electron chi connectivity index (χ2n) is 5.99. The summed E-state index contributed by atoms with van der Waals surface area (Å²) in [7, 11) is 2.87. The molecule has 0 saturated carbocycles. The van der Waals surface area contributed by atoms with Gasteiger partial charge in [-0.3, -0.25) is 0 Å². The lowest BCUT2D eigenvalue weighted by Crippen LogP contribution is -2.45. The zero-order chi connectivity index (χ0) is 20.0. The molecule has 0 fully saturated rings. The van der Waals surface area contributed by atoms with Crippen molar-refractivity contribution < 1.29 is 23.8 Å². The largest absolute Gasteiger partial charge is 0.493 e. The molecule has 2 amide bonds. The number of rotatable bonds is 8. The molecular formula is C19H25BrN2O5. The van der Waals surface area contributed by atoms with Crippen molar-refractivity contribution in [1.29, 1.82) is 0 Å². The van der Waals surface area contributed by atoms with E-state index < -0.39 is 12.0 Å². The number of methoxy groups -OCH3 is 2. The van der Waals surface area contributed by atoms with Gasteiger partial charge in [0.25, 0.3) is 0 Å². The molecule has 1 atom stereocenters. The van der Waals surface area contributed by atoms with Gasteiger partial charge in [0.1, 0.15) is 0 Å². The number of hydrogen-bond donors (Lipinski definition) is 2. The fraction of sp³-hybridized carbons (Fsp3) is 0.474. The zero-order valence-electron chi connectivity index (χ0n) is 16.0. The lowest BCUT2D eigenvalue weighted by molar-refractivity contribution is -0.136. The summed E-state index contributed by atoms with van der Waals surface area (Å²) in [5.41, 5.74) is 1.66. The summed E-state index contributed by atoms with van der Waals surface area (Å²) in [6.07, 6.45) is 2.37. The van der Waals surface area contributed by atoms with Crippen molar-refractivity contribution >= 4 is 27.9 Å². The Morgan fingerprint density at radius 2 is 2.00 bits per heavy atom.